The number of likely N-dealkylation sites (N-methyl/N-ethyl adjacent to an activating group) is 1. The van der Waals surface area contributed by atoms with Crippen LogP contribution in [0, 0.1) is 0 Å². The number of anilines is 2. The SMILES string of the molecule is CCN(CC)C(=O)CN1C(=O)CNc2cc3c(cc21)OCO3. The Kier molecular flexibility index (Phi) is 3.79. The molecular formula is C15H19N3O4. The minimum atomic E-state index is -0.133. The Morgan fingerprint density at radius 1 is 1.27 bits per heavy atom. The lowest BCUT2D eigenvalue weighted by Gasteiger charge is -2.31. The molecule has 0 aliphatic carbocycles. The van der Waals surface area contributed by atoms with Gasteiger partial charge in [-0.05, 0) is 13.8 Å². The summed E-state index contributed by atoms with van der Waals surface area (Å²) in [6, 6.07) is 3.55. The van der Waals surface area contributed by atoms with Crippen LogP contribution in [0.5, 0.6) is 11.5 Å². The third kappa shape index (κ3) is 2.43. The highest BCUT2D eigenvalue weighted by Gasteiger charge is 2.30. The lowest BCUT2D eigenvalue weighted by Crippen LogP contribution is -2.47. The molecule has 0 radical (unpaired) electrons. The van der Waals surface area contributed by atoms with Crippen molar-refractivity contribution in [3.63, 3.8) is 0 Å². The molecule has 0 aromatic heterocycles. The Hall–Kier alpha value is -2.44. The van der Waals surface area contributed by atoms with Crippen molar-refractivity contribution in [1.82, 2.24) is 4.90 Å². The summed E-state index contributed by atoms with van der Waals surface area (Å²) in [6.45, 7) is 5.48. The van der Waals surface area contributed by atoms with E-state index in [1.54, 1.807) is 17.0 Å². The summed E-state index contributed by atoms with van der Waals surface area (Å²) < 4.78 is 10.7. The first-order valence-corrected chi connectivity index (χ1v) is 7.39. The third-order valence-corrected chi connectivity index (χ3v) is 3.92. The number of carbonyl (C=O) groups is 2. The van der Waals surface area contributed by atoms with E-state index < -0.39 is 0 Å². The summed E-state index contributed by atoms with van der Waals surface area (Å²) in [5, 5.41) is 3.05. The normalized spacial score (nSPS) is 15.4. The second-order valence-corrected chi connectivity index (χ2v) is 5.12. The fraction of sp³-hybridized carbons (Fsp3) is 0.467. The van der Waals surface area contributed by atoms with E-state index in [0.717, 1.165) is 5.69 Å². The average Bonchev–Trinajstić information content (AvgIpc) is 2.97. The van der Waals surface area contributed by atoms with Crippen LogP contribution >= 0.6 is 0 Å². The molecule has 118 valence electrons. The Balaban J connectivity index is 1.89. The number of ether oxygens (including phenoxy) is 2. The molecular weight excluding hydrogens is 286 g/mol. The first-order chi connectivity index (χ1) is 10.6. The molecule has 7 heteroatoms. The predicted molar refractivity (Wildman–Crippen MR) is 81.3 cm³/mol. The number of rotatable bonds is 4. The van der Waals surface area contributed by atoms with Gasteiger partial charge in [-0.1, -0.05) is 0 Å². The summed E-state index contributed by atoms with van der Waals surface area (Å²) in [4.78, 5) is 27.7. The Labute approximate surface area is 128 Å². The molecule has 2 aliphatic heterocycles. The molecule has 0 unspecified atom stereocenters. The predicted octanol–water partition coefficient (Wildman–Crippen LogP) is 1.04. The lowest BCUT2D eigenvalue weighted by molar-refractivity contribution is -0.130. The molecule has 2 heterocycles. The van der Waals surface area contributed by atoms with Crippen LogP contribution in [0.4, 0.5) is 11.4 Å². The number of nitrogens with one attached hydrogen (secondary N) is 1. The number of hydrogen-bond acceptors (Lipinski definition) is 5. The van der Waals surface area contributed by atoms with Gasteiger partial charge in [-0.2, -0.15) is 0 Å². The number of benzene rings is 1. The summed E-state index contributed by atoms with van der Waals surface area (Å²) >= 11 is 0. The highest BCUT2D eigenvalue weighted by molar-refractivity contribution is 6.06. The van der Waals surface area contributed by atoms with Gasteiger partial charge in [0.1, 0.15) is 6.54 Å². The van der Waals surface area contributed by atoms with Crippen LogP contribution in [0.15, 0.2) is 12.1 Å². The van der Waals surface area contributed by atoms with Crippen LogP contribution < -0.4 is 19.7 Å². The number of carbonyl (C=O) groups excluding carboxylic acids is 2. The lowest BCUT2D eigenvalue weighted by atomic mass is 10.1. The van der Waals surface area contributed by atoms with Gasteiger partial charge in [-0.15, -0.1) is 0 Å². The zero-order valence-corrected chi connectivity index (χ0v) is 12.7. The van der Waals surface area contributed by atoms with E-state index in [1.165, 1.54) is 4.90 Å². The van der Waals surface area contributed by atoms with E-state index >= 15 is 0 Å². The first kappa shape index (κ1) is 14.5. The molecule has 2 amide bonds. The molecule has 3 rings (SSSR count). The molecule has 0 saturated carbocycles. The minimum Gasteiger partial charge on any atom is -0.454 e. The Morgan fingerprint density at radius 2 is 1.95 bits per heavy atom. The maximum Gasteiger partial charge on any atom is 0.246 e. The molecule has 0 spiro atoms. The van der Waals surface area contributed by atoms with Crippen molar-refractivity contribution in [3.05, 3.63) is 12.1 Å². The summed E-state index contributed by atoms with van der Waals surface area (Å²) in [6.07, 6.45) is 0. The molecule has 2 aliphatic rings. The maximum atomic E-state index is 12.3. The molecule has 0 fully saturated rings. The Bertz CT molecular complexity index is 613. The number of amides is 2. The van der Waals surface area contributed by atoms with Crippen LogP contribution in [0.3, 0.4) is 0 Å². The molecule has 1 N–H and O–H groups in total. The molecule has 0 saturated heterocycles. The summed E-state index contributed by atoms with van der Waals surface area (Å²) in [7, 11) is 0. The minimum absolute atomic E-state index is 0.0365. The Morgan fingerprint density at radius 3 is 2.64 bits per heavy atom. The molecule has 1 aromatic rings. The zero-order valence-electron chi connectivity index (χ0n) is 12.7. The van der Waals surface area contributed by atoms with E-state index in [4.69, 9.17) is 9.47 Å². The van der Waals surface area contributed by atoms with Gasteiger partial charge >= 0.3 is 0 Å². The second-order valence-electron chi connectivity index (χ2n) is 5.12. The molecule has 1 aromatic carbocycles. The maximum absolute atomic E-state index is 12.3. The van der Waals surface area contributed by atoms with E-state index in [0.29, 0.717) is 30.3 Å². The van der Waals surface area contributed by atoms with Crippen molar-refractivity contribution in [1.29, 1.82) is 0 Å². The quantitative estimate of drug-likeness (QED) is 0.900. The van der Waals surface area contributed by atoms with Gasteiger partial charge in [0, 0.05) is 25.2 Å². The van der Waals surface area contributed by atoms with Gasteiger partial charge in [0.05, 0.1) is 17.9 Å². The van der Waals surface area contributed by atoms with Crippen molar-refractivity contribution >= 4 is 23.2 Å². The van der Waals surface area contributed by atoms with Crippen molar-refractivity contribution in [2.75, 3.05) is 43.2 Å². The monoisotopic (exact) mass is 305 g/mol. The largest absolute Gasteiger partial charge is 0.454 e. The van der Waals surface area contributed by atoms with Gasteiger partial charge in [-0.3, -0.25) is 14.5 Å². The van der Waals surface area contributed by atoms with Gasteiger partial charge in [-0.25, -0.2) is 0 Å². The second kappa shape index (κ2) is 5.75. The van der Waals surface area contributed by atoms with Crippen LogP contribution in [0.2, 0.25) is 0 Å². The highest BCUT2D eigenvalue weighted by Crippen LogP contribution is 2.42. The number of nitrogens with zero attached hydrogens (tertiary/aromatic N) is 2. The fourth-order valence-electron chi connectivity index (χ4n) is 2.68. The number of hydrogen-bond donors (Lipinski definition) is 1. The number of fused-ring (bicyclic) bond motifs is 2. The zero-order chi connectivity index (χ0) is 15.7. The van der Waals surface area contributed by atoms with Crippen LogP contribution in [-0.4, -0.2) is 49.7 Å². The van der Waals surface area contributed by atoms with E-state index in [9.17, 15) is 9.59 Å². The molecule has 0 atom stereocenters. The highest BCUT2D eigenvalue weighted by atomic mass is 16.7. The van der Waals surface area contributed by atoms with Gasteiger partial charge in [0.25, 0.3) is 0 Å². The molecule has 7 nitrogen and oxygen atoms in total. The van der Waals surface area contributed by atoms with Crippen molar-refractivity contribution < 1.29 is 19.1 Å². The molecule has 22 heavy (non-hydrogen) atoms. The summed E-state index contributed by atoms with van der Waals surface area (Å²) in [5.41, 5.74) is 1.43. The van der Waals surface area contributed by atoms with Gasteiger partial charge in [0.2, 0.25) is 18.6 Å². The van der Waals surface area contributed by atoms with E-state index in [2.05, 4.69) is 5.32 Å². The van der Waals surface area contributed by atoms with Gasteiger partial charge < -0.3 is 19.7 Å². The molecule has 0 bridgehead atoms. The van der Waals surface area contributed by atoms with Crippen molar-refractivity contribution in [2.24, 2.45) is 0 Å². The standard InChI is InChI=1S/C15H19N3O4/c1-3-17(4-2)15(20)8-18-11-6-13-12(21-9-22-13)5-10(11)16-7-14(18)19/h5-6,16H,3-4,7-9H2,1-2H3. The van der Waals surface area contributed by atoms with E-state index in [1.807, 2.05) is 13.8 Å². The average molecular weight is 305 g/mol. The topological polar surface area (TPSA) is 71.1 Å². The van der Waals surface area contributed by atoms with Crippen molar-refractivity contribution in [3.8, 4) is 11.5 Å². The van der Waals surface area contributed by atoms with Crippen LogP contribution in [0.25, 0.3) is 0 Å². The van der Waals surface area contributed by atoms with Crippen molar-refractivity contribution in [2.45, 2.75) is 13.8 Å². The van der Waals surface area contributed by atoms with E-state index in [-0.39, 0.29) is 31.7 Å². The third-order valence-electron chi connectivity index (χ3n) is 3.92. The smallest absolute Gasteiger partial charge is 0.246 e. The fourth-order valence-corrected chi connectivity index (χ4v) is 2.68. The van der Waals surface area contributed by atoms with Crippen LogP contribution in [0.1, 0.15) is 13.8 Å². The van der Waals surface area contributed by atoms with Crippen LogP contribution in [-0.2, 0) is 9.59 Å². The first-order valence-electron chi connectivity index (χ1n) is 7.39. The summed E-state index contributed by atoms with van der Waals surface area (Å²) in [5.74, 6) is 1.04. The van der Waals surface area contributed by atoms with Gasteiger partial charge in [0.15, 0.2) is 11.5 Å².